The SMILES string of the molecule is CN(C)C(=O)c1cc(-c2ccccc2)c2c(n1)OCCNC2=O. The van der Waals surface area contributed by atoms with Crippen molar-refractivity contribution in [1.29, 1.82) is 0 Å². The van der Waals surface area contributed by atoms with Crippen LogP contribution in [-0.2, 0) is 0 Å². The second-order valence-corrected chi connectivity index (χ2v) is 5.41. The van der Waals surface area contributed by atoms with Gasteiger partial charge >= 0.3 is 0 Å². The Morgan fingerprint density at radius 3 is 2.70 bits per heavy atom. The number of nitrogens with zero attached hydrogens (tertiary/aromatic N) is 2. The topological polar surface area (TPSA) is 71.5 Å². The number of carbonyl (C=O) groups excluding carboxylic acids is 2. The highest BCUT2D eigenvalue weighted by Gasteiger charge is 2.26. The smallest absolute Gasteiger partial charge is 0.272 e. The Morgan fingerprint density at radius 2 is 2.00 bits per heavy atom. The lowest BCUT2D eigenvalue weighted by Gasteiger charge is -2.15. The molecule has 2 heterocycles. The predicted molar refractivity (Wildman–Crippen MR) is 85.5 cm³/mol. The van der Waals surface area contributed by atoms with E-state index in [2.05, 4.69) is 10.3 Å². The average molecular weight is 311 g/mol. The Morgan fingerprint density at radius 1 is 1.26 bits per heavy atom. The Bertz CT molecular complexity index is 757. The van der Waals surface area contributed by atoms with Crippen molar-refractivity contribution in [2.45, 2.75) is 0 Å². The summed E-state index contributed by atoms with van der Waals surface area (Å²) < 4.78 is 5.59. The van der Waals surface area contributed by atoms with Crippen LogP contribution in [0.25, 0.3) is 11.1 Å². The van der Waals surface area contributed by atoms with Crippen molar-refractivity contribution in [3.63, 3.8) is 0 Å². The first kappa shape index (κ1) is 15.0. The molecule has 1 N–H and O–H groups in total. The maximum atomic E-state index is 12.4. The van der Waals surface area contributed by atoms with E-state index < -0.39 is 0 Å². The van der Waals surface area contributed by atoms with Gasteiger partial charge in [-0.25, -0.2) is 4.98 Å². The molecular weight excluding hydrogens is 294 g/mol. The molecule has 23 heavy (non-hydrogen) atoms. The first-order valence-corrected chi connectivity index (χ1v) is 7.31. The molecular formula is C17H17N3O3. The number of carbonyl (C=O) groups is 2. The highest BCUT2D eigenvalue weighted by Crippen LogP contribution is 2.31. The maximum Gasteiger partial charge on any atom is 0.272 e. The molecule has 0 saturated carbocycles. The number of nitrogens with one attached hydrogen (secondary N) is 1. The quantitative estimate of drug-likeness (QED) is 0.914. The zero-order valence-corrected chi connectivity index (χ0v) is 13.0. The van der Waals surface area contributed by atoms with E-state index in [1.807, 2.05) is 30.3 Å². The number of pyridine rings is 1. The van der Waals surface area contributed by atoms with Crippen LogP contribution in [0.4, 0.5) is 0 Å². The van der Waals surface area contributed by atoms with Gasteiger partial charge in [-0.1, -0.05) is 30.3 Å². The summed E-state index contributed by atoms with van der Waals surface area (Å²) in [5.74, 6) is -0.280. The molecule has 0 bridgehead atoms. The van der Waals surface area contributed by atoms with E-state index in [0.717, 1.165) is 5.56 Å². The van der Waals surface area contributed by atoms with Crippen LogP contribution in [-0.4, -0.2) is 48.9 Å². The third-order valence-electron chi connectivity index (χ3n) is 3.55. The van der Waals surface area contributed by atoms with Gasteiger partial charge in [0.05, 0.1) is 6.54 Å². The zero-order chi connectivity index (χ0) is 16.4. The third-order valence-corrected chi connectivity index (χ3v) is 3.55. The number of ether oxygens (including phenoxy) is 1. The number of benzene rings is 1. The van der Waals surface area contributed by atoms with Gasteiger partial charge < -0.3 is 15.0 Å². The Hall–Kier alpha value is -2.89. The molecule has 0 fully saturated rings. The normalized spacial score (nSPS) is 13.4. The number of fused-ring (bicyclic) bond motifs is 1. The number of hydrogen-bond acceptors (Lipinski definition) is 4. The van der Waals surface area contributed by atoms with Crippen molar-refractivity contribution in [2.24, 2.45) is 0 Å². The van der Waals surface area contributed by atoms with Gasteiger partial charge in [-0.05, 0) is 11.6 Å². The van der Waals surface area contributed by atoms with Gasteiger partial charge in [0.25, 0.3) is 11.8 Å². The van der Waals surface area contributed by atoms with E-state index in [4.69, 9.17) is 4.74 Å². The zero-order valence-electron chi connectivity index (χ0n) is 13.0. The lowest BCUT2D eigenvalue weighted by atomic mass is 9.99. The van der Waals surface area contributed by atoms with E-state index >= 15 is 0 Å². The Balaban J connectivity index is 2.24. The molecule has 0 aliphatic carbocycles. The van der Waals surface area contributed by atoms with E-state index in [9.17, 15) is 9.59 Å². The van der Waals surface area contributed by atoms with Gasteiger partial charge in [0, 0.05) is 19.7 Å². The van der Waals surface area contributed by atoms with Gasteiger partial charge in [0.15, 0.2) is 0 Å². The van der Waals surface area contributed by atoms with Crippen LogP contribution in [0.2, 0.25) is 0 Å². The Kier molecular flexibility index (Phi) is 3.97. The first-order chi connectivity index (χ1) is 11.1. The summed E-state index contributed by atoms with van der Waals surface area (Å²) >= 11 is 0. The van der Waals surface area contributed by atoms with Crippen molar-refractivity contribution in [3.05, 3.63) is 47.7 Å². The van der Waals surface area contributed by atoms with Crippen molar-refractivity contribution in [3.8, 4) is 17.0 Å². The number of aromatic nitrogens is 1. The molecule has 3 rings (SSSR count). The largest absolute Gasteiger partial charge is 0.475 e. The van der Waals surface area contributed by atoms with Crippen LogP contribution in [0.1, 0.15) is 20.8 Å². The number of amides is 2. The van der Waals surface area contributed by atoms with Crippen LogP contribution in [0, 0.1) is 0 Å². The summed E-state index contributed by atoms with van der Waals surface area (Å²) in [5.41, 5.74) is 2.09. The molecule has 0 unspecified atom stereocenters. The molecule has 0 atom stereocenters. The average Bonchev–Trinajstić information content (AvgIpc) is 2.75. The van der Waals surface area contributed by atoms with Crippen LogP contribution in [0.15, 0.2) is 36.4 Å². The van der Waals surface area contributed by atoms with Gasteiger partial charge in [0.1, 0.15) is 17.9 Å². The summed E-state index contributed by atoms with van der Waals surface area (Å²) in [6.45, 7) is 0.722. The van der Waals surface area contributed by atoms with E-state index in [-0.39, 0.29) is 23.4 Å². The first-order valence-electron chi connectivity index (χ1n) is 7.31. The predicted octanol–water partition coefficient (Wildman–Crippen LogP) is 1.57. The molecule has 0 saturated heterocycles. The highest BCUT2D eigenvalue weighted by molar-refractivity contribution is 6.05. The molecule has 0 radical (unpaired) electrons. The van der Waals surface area contributed by atoms with Crippen LogP contribution < -0.4 is 10.1 Å². The molecule has 118 valence electrons. The van der Waals surface area contributed by atoms with E-state index in [0.29, 0.717) is 24.3 Å². The summed E-state index contributed by atoms with van der Waals surface area (Å²) in [6.07, 6.45) is 0. The number of hydrogen-bond donors (Lipinski definition) is 1. The second-order valence-electron chi connectivity index (χ2n) is 5.41. The minimum atomic E-state index is -0.243. The third kappa shape index (κ3) is 2.88. The summed E-state index contributed by atoms with van der Waals surface area (Å²) in [7, 11) is 3.32. The van der Waals surface area contributed by atoms with Crippen LogP contribution in [0.5, 0.6) is 5.88 Å². The van der Waals surface area contributed by atoms with Crippen molar-refractivity contribution < 1.29 is 14.3 Å². The second kappa shape index (κ2) is 6.08. The fourth-order valence-corrected chi connectivity index (χ4v) is 2.43. The Labute approximate surface area is 134 Å². The van der Waals surface area contributed by atoms with E-state index in [1.165, 1.54) is 4.90 Å². The minimum absolute atomic E-state index is 0.201. The molecule has 6 heteroatoms. The maximum absolute atomic E-state index is 12.4. The molecule has 1 aliphatic rings. The molecule has 2 aromatic rings. The van der Waals surface area contributed by atoms with Gasteiger partial charge in [0.2, 0.25) is 5.88 Å². The minimum Gasteiger partial charge on any atom is -0.475 e. The molecule has 1 aromatic carbocycles. The summed E-state index contributed by atoms with van der Waals surface area (Å²) in [5, 5.41) is 2.78. The van der Waals surface area contributed by atoms with Gasteiger partial charge in [-0.3, -0.25) is 9.59 Å². The summed E-state index contributed by atoms with van der Waals surface area (Å²) in [6, 6.07) is 11.1. The fourth-order valence-electron chi connectivity index (χ4n) is 2.43. The lowest BCUT2D eigenvalue weighted by molar-refractivity contribution is 0.0820. The lowest BCUT2D eigenvalue weighted by Crippen LogP contribution is -2.25. The van der Waals surface area contributed by atoms with Crippen LogP contribution >= 0.6 is 0 Å². The van der Waals surface area contributed by atoms with Crippen LogP contribution in [0.3, 0.4) is 0 Å². The molecule has 1 aliphatic heterocycles. The van der Waals surface area contributed by atoms with E-state index in [1.54, 1.807) is 20.2 Å². The molecule has 2 amide bonds. The number of rotatable bonds is 2. The highest BCUT2D eigenvalue weighted by atomic mass is 16.5. The standard InChI is InChI=1S/C17H17N3O3/c1-20(2)17(22)13-10-12(11-6-4-3-5-7-11)14-15(21)18-8-9-23-16(14)19-13/h3-7,10H,8-9H2,1-2H3,(H,18,21). The van der Waals surface area contributed by atoms with Crippen molar-refractivity contribution >= 4 is 11.8 Å². The monoisotopic (exact) mass is 311 g/mol. The van der Waals surface area contributed by atoms with Gasteiger partial charge in [-0.15, -0.1) is 0 Å². The molecule has 6 nitrogen and oxygen atoms in total. The van der Waals surface area contributed by atoms with Crippen molar-refractivity contribution in [2.75, 3.05) is 27.2 Å². The molecule has 0 spiro atoms. The molecule has 1 aromatic heterocycles. The fraction of sp³-hybridized carbons (Fsp3) is 0.235. The van der Waals surface area contributed by atoms with Crippen molar-refractivity contribution in [1.82, 2.24) is 15.2 Å². The van der Waals surface area contributed by atoms with Gasteiger partial charge in [-0.2, -0.15) is 0 Å². The summed E-state index contributed by atoms with van der Waals surface area (Å²) in [4.78, 5) is 30.4.